The van der Waals surface area contributed by atoms with E-state index in [1.54, 1.807) is 13.8 Å². The number of esters is 2. The molecule has 5 aliphatic rings. The van der Waals surface area contributed by atoms with Crippen molar-refractivity contribution in [2.24, 2.45) is 0 Å². The Morgan fingerprint density at radius 3 is 1.89 bits per heavy atom. The normalized spacial score (nSPS) is 44.4. The number of carbonyl (C=O) groups is 2. The maximum absolute atomic E-state index is 12.2. The van der Waals surface area contributed by atoms with Gasteiger partial charge < -0.3 is 47.4 Å². The molecule has 0 radical (unpaired) electrons. The molecule has 0 spiro atoms. The van der Waals surface area contributed by atoms with Crippen molar-refractivity contribution in [3.63, 3.8) is 0 Å². The van der Waals surface area contributed by atoms with Gasteiger partial charge in [-0.3, -0.25) is 9.59 Å². The number of hydrogen-bond acceptors (Lipinski definition) is 12. The molecule has 1 unspecified atom stereocenters. The molecule has 10 atom stereocenters. The van der Waals surface area contributed by atoms with Crippen LogP contribution in [0.5, 0.6) is 0 Å². The lowest BCUT2D eigenvalue weighted by Crippen LogP contribution is -2.56. The first-order chi connectivity index (χ1) is 16.6. The number of rotatable bonds is 5. The molecule has 5 rings (SSSR count). The van der Waals surface area contributed by atoms with Gasteiger partial charge in [-0.15, -0.1) is 0 Å². The molecule has 12 heteroatoms. The van der Waals surface area contributed by atoms with Crippen LogP contribution in [0.15, 0.2) is 0 Å². The fourth-order valence-corrected chi connectivity index (χ4v) is 5.72. The molecule has 0 aliphatic carbocycles. The lowest BCUT2D eigenvalue weighted by molar-refractivity contribution is -0.255. The van der Waals surface area contributed by atoms with Crippen molar-refractivity contribution in [3.8, 4) is 0 Å². The molecule has 5 fully saturated rings. The van der Waals surface area contributed by atoms with Crippen molar-refractivity contribution in [1.82, 2.24) is 0 Å². The van der Waals surface area contributed by atoms with Crippen LogP contribution in [0, 0.1) is 0 Å². The molecule has 0 N–H and O–H groups in total. The number of hydrogen-bond donors (Lipinski definition) is 0. The van der Waals surface area contributed by atoms with E-state index in [-0.39, 0.29) is 6.42 Å². The van der Waals surface area contributed by atoms with Gasteiger partial charge in [0.1, 0.15) is 36.6 Å². The molecule has 204 valence electrons. The number of fused-ring (bicyclic) bond motifs is 4. The monoisotopic (exact) mass is 516 g/mol. The summed E-state index contributed by atoms with van der Waals surface area (Å²) in [6.45, 7) is 13.4. The zero-order valence-corrected chi connectivity index (χ0v) is 21.9. The van der Waals surface area contributed by atoms with Crippen LogP contribution in [0.1, 0.15) is 61.8 Å². The Kier molecular flexibility index (Phi) is 6.44. The topological polar surface area (TPSA) is 126 Å². The minimum Gasteiger partial charge on any atom is -0.460 e. The van der Waals surface area contributed by atoms with Crippen molar-refractivity contribution in [1.29, 1.82) is 0 Å². The predicted molar refractivity (Wildman–Crippen MR) is 117 cm³/mol. The van der Waals surface area contributed by atoms with Crippen molar-refractivity contribution in [2.75, 3.05) is 0 Å². The summed E-state index contributed by atoms with van der Waals surface area (Å²) in [5, 5.41) is 0. The van der Waals surface area contributed by atoms with E-state index in [0.29, 0.717) is 0 Å². The Balaban J connectivity index is 1.41. The predicted octanol–water partition coefficient (Wildman–Crippen LogP) is 1.51. The maximum Gasteiger partial charge on any atom is 0.305 e. The summed E-state index contributed by atoms with van der Waals surface area (Å²) < 4.78 is 60.0. The minimum atomic E-state index is -1.01. The molecular formula is C24H36O12. The third kappa shape index (κ3) is 5.02. The van der Waals surface area contributed by atoms with E-state index < -0.39 is 90.7 Å². The lowest BCUT2D eigenvalue weighted by Gasteiger charge is -2.39. The fourth-order valence-electron chi connectivity index (χ4n) is 5.72. The largest absolute Gasteiger partial charge is 0.460 e. The van der Waals surface area contributed by atoms with Gasteiger partial charge in [0.25, 0.3) is 0 Å². The number of carbonyl (C=O) groups excluding carboxylic acids is 2. The average Bonchev–Trinajstić information content (AvgIpc) is 3.39. The van der Waals surface area contributed by atoms with Crippen LogP contribution >= 0.6 is 0 Å². The van der Waals surface area contributed by atoms with Gasteiger partial charge in [-0.25, -0.2) is 0 Å². The SMILES string of the molecule is CC(=O)O[C@@H]1OC([C@@H](C[C@H]2O[C@@H]3OC(C)(C)O[C@@H]3[C@H]3OC(C)(C)O[C@H]32)OC(C)=O)[C@H]2OC(C)(C)O[C@@H]12. The zero-order valence-electron chi connectivity index (χ0n) is 21.9. The van der Waals surface area contributed by atoms with Crippen molar-refractivity contribution in [3.05, 3.63) is 0 Å². The third-order valence-electron chi connectivity index (χ3n) is 6.73. The summed E-state index contributed by atoms with van der Waals surface area (Å²) in [5.41, 5.74) is 0. The van der Waals surface area contributed by atoms with E-state index in [4.69, 9.17) is 47.4 Å². The molecule has 0 aromatic rings. The van der Waals surface area contributed by atoms with Gasteiger partial charge in [0, 0.05) is 20.3 Å². The molecule has 5 saturated heterocycles. The summed E-state index contributed by atoms with van der Waals surface area (Å²) >= 11 is 0. The van der Waals surface area contributed by atoms with E-state index in [1.807, 2.05) is 27.7 Å². The van der Waals surface area contributed by atoms with E-state index in [2.05, 4.69) is 0 Å². The summed E-state index contributed by atoms with van der Waals surface area (Å²) in [5.74, 6) is -3.71. The minimum absolute atomic E-state index is 0.178. The fraction of sp³-hybridized carbons (Fsp3) is 0.917. The highest BCUT2D eigenvalue weighted by Gasteiger charge is 2.63. The molecule has 12 nitrogen and oxygen atoms in total. The Labute approximate surface area is 210 Å². The first-order valence-electron chi connectivity index (χ1n) is 12.4. The van der Waals surface area contributed by atoms with Gasteiger partial charge in [0.15, 0.2) is 29.8 Å². The van der Waals surface area contributed by atoms with Gasteiger partial charge in [-0.1, -0.05) is 0 Å². The molecular weight excluding hydrogens is 480 g/mol. The molecule has 5 aliphatic heterocycles. The van der Waals surface area contributed by atoms with Crippen molar-refractivity contribution in [2.45, 2.75) is 141 Å². The second-order valence-electron chi connectivity index (χ2n) is 11.2. The summed E-state index contributed by atoms with van der Waals surface area (Å²) in [7, 11) is 0. The summed E-state index contributed by atoms with van der Waals surface area (Å²) in [4.78, 5) is 23.9. The molecule has 0 aromatic heterocycles. The van der Waals surface area contributed by atoms with Crippen LogP contribution < -0.4 is 0 Å². The molecule has 0 aromatic carbocycles. The molecule has 0 amide bonds. The lowest BCUT2D eigenvalue weighted by atomic mass is 9.92. The van der Waals surface area contributed by atoms with Crippen LogP contribution in [0.25, 0.3) is 0 Å². The van der Waals surface area contributed by atoms with Crippen LogP contribution in [0.4, 0.5) is 0 Å². The smallest absolute Gasteiger partial charge is 0.305 e. The first kappa shape index (κ1) is 26.2. The van der Waals surface area contributed by atoms with Gasteiger partial charge >= 0.3 is 11.9 Å². The molecule has 0 saturated carbocycles. The van der Waals surface area contributed by atoms with Crippen molar-refractivity contribution < 1.29 is 57.0 Å². The van der Waals surface area contributed by atoms with E-state index in [0.717, 1.165) is 0 Å². The second-order valence-corrected chi connectivity index (χ2v) is 11.2. The Bertz CT molecular complexity index is 886. The van der Waals surface area contributed by atoms with Crippen LogP contribution in [-0.4, -0.2) is 90.7 Å². The highest BCUT2D eigenvalue weighted by atomic mass is 16.9. The summed E-state index contributed by atoms with van der Waals surface area (Å²) in [6.07, 6.45) is -6.55. The van der Waals surface area contributed by atoms with E-state index in [9.17, 15) is 9.59 Å². The zero-order chi connectivity index (χ0) is 26.2. The standard InChI is InChI=1S/C24H36O12/c1-10(25)27-12(14-16-18(34-23(5,6)32-16)20(30-14)28-11(2)26)9-13-15-17(33-22(3,4)31-15)19-21(29-13)36-24(7,8)35-19/h12-21H,9H2,1-8H3/t12-,13-,14?,15+,16-,17+,18-,19-,20-,21-/m1/s1. The van der Waals surface area contributed by atoms with Gasteiger partial charge in [-0.05, 0) is 41.5 Å². The maximum atomic E-state index is 12.2. The van der Waals surface area contributed by atoms with Crippen molar-refractivity contribution >= 4 is 11.9 Å². The third-order valence-corrected chi connectivity index (χ3v) is 6.73. The second kappa shape index (κ2) is 8.84. The van der Waals surface area contributed by atoms with E-state index in [1.165, 1.54) is 13.8 Å². The molecule has 36 heavy (non-hydrogen) atoms. The number of ether oxygens (including phenoxy) is 10. The molecule has 5 heterocycles. The van der Waals surface area contributed by atoms with Crippen LogP contribution in [-0.2, 0) is 57.0 Å². The Morgan fingerprint density at radius 2 is 1.25 bits per heavy atom. The Morgan fingerprint density at radius 1 is 0.694 bits per heavy atom. The van der Waals surface area contributed by atoms with Gasteiger partial charge in [0.2, 0.25) is 6.29 Å². The Hall–Kier alpha value is -1.38. The first-order valence-corrected chi connectivity index (χ1v) is 12.4. The highest BCUT2D eigenvalue weighted by Crippen LogP contribution is 2.46. The highest BCUT2D eigenvalue weighted by molar-refractivity contribution is 5.66. The van der Waals surface area contributed by atoms with Gasteiger partial charge in [-0.2, -0.15) is 0 Å². The molecule has 0 bridgehead atoms. The van der Waals surface area contributed by atoms with E-state index >= 15 is 0 Å². The summed E-state index contributed by atoms with van der Waals surface area (Å²) in [6, 6.07) is 0. The van der Waals surface area contributed by atoms with Crippen LogP contribution in [0.3, 0.4) is 0 Å². The van der Waals surface area contributed by atoms with Crippen LogP contribution in [0.2, 0.25) is 0 Å². The average molecular weight is 517 g/mol. The van der Waals surface area contributed by atoms with Gasteiger partial charge in [0.05, 0.1) is 6.10 Å². The quantitative estimate of drug-likeness (QED) is 0.492.